The number of carbonyl (C=O) groups is 1. The molecule has 0 aromatic heterocycles. The van der Waals surface area contributed by atoms with Crippen LogP contribution in [0.25, 0.3) is 0 Å². The Kier molecular flexibility index (Phi) is 12.1. The highest BCUT2D eigenvalue weighted by Gasteiger charge is 2.15. The molecule has 7 nitrogen and oxygen atoms in total. The van der Waals surface area contributed by atoms with Gasteiger partial charge >= 0.3 is 0 Å². The van der Waals surface area contributed by atoms with Gasteiger partial charge in [-0.15, -0.1) is 24.0 Å². The zero-order chi connectivity index (χ0) is 22.8. The lowest BCUT2D eigenvalue weighted by Crippen LogP contribution is -2.41. The molecule has 2 rings (SSSR count). The van der Waals surface area contributed by atoms with Gasteiger partial charge in [-0.2, -0.15) is 0 Å². The van der Waals surface area contributed by atoms with Crippen LogP contribution in [0.1, 0.15) is 34.5 Å². The van der Waals surface area contributed by atoms with Crippen LogP contribution in [0.15, 0.2) is 53.5 Å². The number of likely N-dealkylation sites (N-methyl/N-ethyl adjacent to an activating group) is 1. The van der Waals surface area contributed by atoms with Crippen LogP contribution < -0.4 is 15.4 Å². The third-order valence-electron chi connectivity index (χ3n) is 4.96. The Balaban J connectivity index is 0.00000512. The molecule has 2 aromatic carbocycles. The fraction of sp³-hybridized carbons (Fsp3) is 0.417. The van der Waals surface area contributed by atoms with Crippen molar-refractivity contribution >= 4 is 35.8 Å². The largest absolute Gasteiger partial charge is 0.497 e. The van der Waals surface area contributed by atoms with Crippen molar-refractivity contribution in [3.63, 3.8) is 0 Å². The third kappa shape index (κ3) is 8.31. The van der Waals surface area contributed by atoms with Gasteiger partial charge in [-0.05, 0) is 56.4 Å². The van der Waals surface area contributed by atoms with Gasteiger partial charge in [0.1, 0.15) is 5.75 Å². The summed E-state index contributed by atoms with van der Waals surface area (Å²) in [6.07, 6.45) is 0. The summed E-state index contributed by atoms with van der Waals surface area (Å²) in [5, 5.41) is 6.75. The lowest BCUT2D eigenvalue weighted by molar-refractivity contribution is 0.0827. The number of hydrogen-bond donors (Lipinski definition) is 2. The molecular weight excluding hydrogens is 517 g/mol. The molecule has 0 aliphatic carbocycles. The first kappa shape index (κ1) is 27.7. The van der Waals surface area contributed by atoms with E-state index in [-0.39, 0.29) is 35.9 Å². The maximum absolute atomic E-state index is 12.0. The number of ether oxygens (including phenoxy) is 1. The zero-order valence-corrected chi connectivity index (χ0v) is 22.2. The van der Waals surface area contributed by atoms with Crippen molar-refractivity contribution in [3.05, 3.63) is 65.2 Å². The molecule has 8 heteroatoms. The Hall–Kier alpha value is -2.33. The molecule has 0 aliphatic rings. The van der Waals surface area contributed by atoms with Crippen LogP contribution in [0, 0.1) is 0 Å². The minimum absolute atomic E-state index is 0. The number of halogens is 1. The van der Waals surface area contributed by atoms with Gasteiger partial charge < -0.3 is 25.2 Å². The van der Waals surface area contributed by atoms with Crippen molar-refractivity contribution in [1.82, 2.24) is 20.4 Å². The van der Waals surface area contributed by atoms with Gasteiger partial charge in [0.2, 0.25) is 0 Å². The van der Waals surface area contributed by atoms with E-state index < -0.39 is 0 Å². The molecule has 0 bridgehead atoms. The zero-order valence-electron chi connectivity index (χ0n) is 19.9. The highest BCUT2D eigenvalue weighted by atomic mass is 127. The summed E-state index contributed by atoms with van der Waals surface area (Å²) >= 11 is 0. The van der Waals surface area contributed by atoms with E-state index in [1.165, 1.54) is 5.56 Å². The van der Waals surface area contributed by atoms with Crippen LogP contribution in [0.3, 0.4) is 0 Å². The average molecular weight is 553 g/mol. The topological polar surface area (TPSA) is 69.2 Å². The number of amides is 1. The molecule has 32 heavy (non-hydrogen) atoms. The second-order valence-electron chi connectivity index (χ2n) is 7.73. The summed E-state index contributed by atoms with van der Waals surface area (Å²) in [6.45, 7) is 4.06. The van der Waals surface area contributed by atoms with E-state index in [2.05, 4.69) is 41.8 Å². The second-order valence-corrected chi connectivity index (χ2v) is 7.73. The van der Waals surface area contributed by atoms with Crippen LogP contribution in [0.5, 0.6) is 5.75 Å². The normalized spacial score (nSPS) is 12.0. The van der Waals surface area contributed by atoms with Gasteiger partial charge in [0.15, 0.2) is 5.96 Å². The first-order valence-electron chi connectivity index (χ1n) is 10.5. The van der Waals surface area contributed by atoms with Crippen molar-refractivity contribution in [3.8, 4) is 5.75 Å². The first-order chi connectivity index (χ1) is 14.8. The molecule has 0 saturated carbocycles. The van der Waals surface area contributed by atoms with E-state index in [9.17, 15) is 4.79 Å². The Morgan fingerprint density at radius 3 is 2.12 bits per heavy atom. The van der Waals surface area contributed by atoms with Gasteiger partial charge in [0.25, 0.3) is 5.91 Å². The van der Waals surface area contributed by atoms with Crippen molar-refractivity contribution < 1.29 is 9.53 Å². The number of nitrogens with zero attached hydrogens (tertiary/aromatic N) is 3. The van der Waals surface area contributed by atoms with E-state index >= 15 is 0 Å². The molecule has 0 radical (unpaired) electrons. The maximum atomic E-state index is 12.0. The molecule has 0 fully saturated rings. The van der Waals surface area contributed by atoms with Crippen LogP contribution in [-0.4, -0.2) is 70.1 Å². The van der Waals surface area contributed by atoms with Crippen LogP contribution in [0.2, 0.25) is 0 Å². The summed E-state index contributed by atoms with van der Waals surface area (Å²) in [5.74, 6) is 1.61. The third-order valence-corrected chi connectivity index (χ3v) is 4.96. The molecule has 2 aromatic rings. The molecule has 0 aliphatic heterocycles. The summed E-state index contributed by atoms with van der Waals surface area (Å²) < 4.78 is 5.27. The van der Waals surface area contributed by atoms with E-state index in [0.29, 0.717) is 18.7 Å². The lowest BCUT2D eigenvalue weighted by Gasteiger charge is -2.26. The SMILES string of the molecule is CCNC(=NCc1ccc(C(=O)N(C)C)cc1)NCC(c1ccc(OC)cc1)N(C)C.I. The summed E-state index contributed by atoms with van der Waals surface area (Å²) in [4.78, 5) is 20.5. The van der Waals surface area contributed by atoms with Crippen LogP contribution in [0.4, 0.5) is 0 Å². The average Bonchev–Trinajstić information content (AvgIpc) is 2.77. The standard InChI is InChI=1S/C24H35N5O2.HI/c1-7-25-24(26-16-18-8-10-20(11-9-18)23(30)29(4)5)27-17-22(28(2)3)19-12-14-21(31-6)15-13-19;/h8-15,22H,7,16-17H2,1-6H3,(H2,25,26,27);1H. The maximum Gasteiger partial charge on any atom is 0.253 e. The summed E-state index contributed by atoms with van der Waals surface area (Å²) in [6, 6.07) is 15.9. The van der Waals surface area contributed by atoms with Crippen LogP contribution in [-0.2, 0) is 6.54 Å². The lowest BCUT2D eigenvalue weighted by atomic mass is 10.1. The van der Waals surface area contributed by atoms with Crippen molar-refractivity contribution in [1.29, 1.82) is 0 Å². The Morgan fingerprint density at radius 2 is 1.62 bits per heavy atom. The predicted molar refractivity (Wildman–Crippen MR) is 142 cm³/mol. The number of rotatable bonds is 9. The van der Waals surface area contributed by atoms with E-state index in [0.717, 1.165) is 23.8 Å². The van der Waals surface area contributed by atoms with Gasteiger partial charge in [0.05, 0.1) is 19.7 Å². The number of carbonyl (C=O) groups excluding carboxylic acids is 1. The number of guanidine groups is 1. The van der Waals surface area contributed by atoms with Gasteiger partial charge in [-0.25, -0.2) is 4.99 Å². The van der Waals surface area contributed by atoms with Crippen LogP contribution >= 0.6 is 24.0 Å². The van der Waals surface area contributed by atoms with Gasteiger partial charge in [0, 0.05) is 32.7 Å². The number of hydrogen-bond acceptors (Lipinski definition) is 4. The molecular formula is C24H36IN5O2. The van der Waals surface area contributed by atoms with E-state index in [4.69, 9.17) is 9.73 Å². The Morgan fingerprint density at radius 1 is 1.00 bits per heavy atom. The molecule has 176 valence electrons. The predicted octanol–water partition coefficient (Wildman–Crippen LogP) is 3.37. The van der Waals surface area contributed by atoms with Gasteiger partial charge in [-0.1, -0.05) is 24.3 Å². The van der Waals surface area contributed by atoms with Crippen molar-refractivity contribution in [2.45, 2.75) is 19.5 Å². The number of methoxy groups -OCH3 is 1. The second kappa shape index (κ2) is 13.9. The fourth-order valence-corrected chi connectivity index (χ4v) is 3.14. The van der Waals surface area contributed by atoms with Crippen molar-refractivity contribution in [2.24, 2.45) is 4.99 Å². The minimum atomic E-state index is -0.00156. The molecule has 1 unspecified atom stereocenters. The molecule has 0 saturated heterocycles. The minimum Gasteiger partial charge on any atom is -0.497 e. The quantitative estimate of drug-likeness (QED) is 0.283. The van der Waals surface area contributed by atoms with Crippen molar-refractivity contribution in [2.75, 3.05) is 48.4 Å². The van der Waals surface area contributed by atoms with E-state index in [1.54, 1.807) is 26.1 Å². The number of benzene rings is 2. The summed E-state index contributed by atoms with van der Waals surface area (Å²) in [7, 11) is 9.31. The molecule has 2 N–H and O–H groups in total. The fourth-order valence-electron chi connectivity index (χ4n) is 3.14. The monoisotopic (exact) mass is 553 g/mol. The highest BCUT2D eigenvalue weighted by Crippen LogP contribution is 2.20. The Bertz CT molecular complexity index is 852. The molecule has 0 spiro atoms. The first-order valence-corrected chi connectivity index (χ1v) is 10.5. The molecule has 1 atom stereocenters. The molecule has 0 heterocycles. The summed E-state index contributed by atoms with van der Waals surface area (Å²) in [5.41, 5.74) is 2.93. The molecule has 1 amide bonds. The number of aliphatic imine (C=N–C) groups is 1. The van der Waals surface area contributed by atoms with Gasteiger partial charge in [-0.3, -0.25) is 4.79 Å². The van der Waals surface area contributed by atoms with E-state index in [1.807, 2.05) is 43.3 Å². The number of nitrogens with one attached hydrogen (secondary N) is 2. The highest BCUT2D eigenvalue weighted by molar-refractivity contribution is 14.0. The smallest absolute Gasteiger partial charge is 0.253 e. The Labute approximate surface area is 209 Å².